The molecule has 0 aromatic rings. The van der Waals surface area contributed by atoms with Crippen molar-refractivity contribution in [2.24, 2.45) is 0 Å². The molecule has 1 aliphatic heterocycles. The molecule has 0 spiro atoms. The van der Waals surface area contributed by atoms with Crippen LogP contribution in [0.25, 0.3) is 0 Å². The fraction of sp³-hybridized carbons (Fsp3) is 0.750. The van der Waals surface area contributed by atoms with E-state index in [1.807, 2.05) is 0 Å². The average Bonchev–Trinajstić information content (AvgIpc) is 2.27. The molecule has 0 saturated carbocycles. The number of rotatable bonds is 3. The Balaban J connectivity index is 3.01. The summed E-state index contributed by atoms with van der Waals surface area (Å²) in [6, 6.07) is 0. The van der Waals surface area contributed by atoms with E-state index in [2.05, 4.69) is 0 Å². The van der Waals surface area contributed by atoms with Crippen LogP contribution in [0.3, 0.4) is 0 Å². The van der Waals surface area contributed by atoms with Gasteiger partial charge in [0.05, 0.1) is 6.10 Å². The predicted octanol–water partition coefficient (Wildman–Crippen LogP) is -0.481. The van der Waals surface area contributed by atoms with Crippen LogP contribution in [0.15, 0.2) is 0 Å². The van der Waals surface area contributed by atoms with Crippen molar-refractivity contribution < 1.29 is 38.4 Å². The monoisotopic (exact) mass is 290 g/mol. The maximum absolute atomic E-state index is 11.2. The number of hydrogen-bond donors (Lipinski definition) is 1. The molecule has 114 valence electrons. The van der Waals surface area contributed by atoms with Crippen LogP contribution in [0.5, 0.6) is 0 Å². The number of aliphatic hydroxyl groups is 1. The molecule has 0 aliphatic carbocycles. The second-order valence-corrected chi connectivity index (χ2v) is 4.45. The minimum atomic E-state index is -1.48. The summed E-state index contributed by atoms with van der Waals surface area (Å²) in [5, 5.41) is 9.79. The Morgan fingerprint density at radius 2 is 1.25 bits per heavy atom. The molecule has 1 heterocycles. The van der Waals surface area contributed by atoms with Gasteiger partial charge < -0.3 is 24.1 Å². The second-order valence-electron chi connectivity index (χ2n) is 4.45. The van der Waals surface area contributed by atoms with E-state index in [0.717, 1.165) is 13.8 Å². The molecule has 1 N–H and O–H groups in total. The first kappa shape index (κ1) is 16.4. The summed E-state index contributed by atoms with van der Waals surface area (Å²) in [6.45, 7) is 5.01. The molecule has 8 heteroatoms. The second kappa shape index (κ2) is 6.67. The molecule has 1 fully saturated rings. The highest BCUT2D eigenvalue weighted by Crippen LogP contribution is 2.27. The van der Waals surface area contributed by atoms with E-state index in [-0.39, 0.29) is 0 Å². The molecule has 0 aromatic carbocycles. The number of aliphatic hydroxyl groups excluding tert-OH is 1. The SMILES string of the molecule is CC(=O)OC1[C@@H](OC(C)=O)C(O)O[C@H](C)[C@@H]1OC(C)=O. The molecular formula is C12H18O8. The Bertz CT molecular complexity index is 365. The number of hydrogen-bond acceptors (Lipinski definition) is 8. The van der Waals surface area contributed by atoms with E-state index in [9.17, 15) is 19.5 Å². The summed E-state index contributed by atoms with van der Waals surface area (Å²) >= 11 is 0. The Morgan fingerprint density at radius 3 is 1.70 bits per heavy atom. The lowest BCUT2D eigenvalue weighted by Crippen LogP contribution is -2.60. The highest BCUT2D eigenvalue weighted by Gasteiger charge is 2.49. The molecule has 8 nitrogen and oxygen atoms in total. The van der Waals surface area contributed by atoms with E-state index in [1.54, 1.807) is 0 Å². The van der Waals surface area contributed by atoms with Crippen LogP contribution in [0.2, 0.25) is 0 Å². The van der Waals surface area contributed by atoms with Crippen LogP contribution in [0.4, 0.5) is 0 Å². The third-order valence-electron chi connectivity index (χ3n) is 2.65. The van der Waals surface area contributed by atoms with Gasteiger partial charge in [-0.1, -0.05) is 0 Å². The molecule has 5 atom stereocenters. The lowest BCUT2D eigenvalue weighted by Gasteiger charge is -2.41. The van der Waals surface area contributed by atoms with E-state index in [1.165, 1.54) is 13.8 Å². The van der Waals surface area contributed by atoms with Gasteiger partial charge in [0, 0.05) is 20.8 Å². The van der Waals surface area contributed by atoms with Gasteiger partial charge in [-0.15, -0.1) is 0 Å². The topological polar surface area (TPSA) is 108 Å². The molecular weight excluding hydrogens is 272 g/mol. The van der Waals surface area contributed by atoms with Crippen LogP contribution < -0.4 is 0 Å². The number of carbonyl (C=O) groups is 3. The third-order valence-corrected chi connectivity index (χ3v) is 2.65. The van der Waals surface area contributed by atoms with Crippen molar-refractivity contribution >= 4 is 17.9 Å². The average molecular weight is 290 g/mol. The first-order chi connectivity index (χ1) is 9.22. The first-order valence-corrected chi connectivity index (χ1v) is 6.07. The predicted molar refractivity (Wildman–Crippen MR) is 63.2 cm³/mol. The smallest absolute Gasteiger partial charge is 0.303 e. The van der Waals surface area contributed by atoms with Gasteiger partial charge >= 0.3 is 17.9 Å². The lowest BCUT2D eigenvalue weighted by molar-refractivity contribution is -0.288. The largest absolute Gasteiger partial charge is 0.456 e. The van der Waals surface area contributed by atoms with Crippen LogP contribution in [-0.2, 0) is 33.3 Å². The van der Waals surface area contributed by atoms with Crippen LogP contribution in [-0.4, -0.2) is 53.7 Å². The minimum absolute atomic E-state index is 0.611. The summed E-state index contributed by atoms with van der Waals surface area (Å²) in [4.78, 5) is 33.3. The van der Waals surface area contributed by atoms with Gasteiger partial charge in [0.15, 0.2) is 24.6 Å². The van der Waals surface area contributed by atoms with Crippen LogP contribution >= 0.6 is 0 Å². The van der Waals surface area contributed by atoms with Crippen LogP contribution in [0.1, 0.15) is 27.7 Å². The molecule has 0 radical (unpaired) electrons. The summed E-state index contributed by atoms with van der Waals surface area (Å²) in [5.74, 6) is -1.96. The summed E-state index contributed by atoms with van der Waals surface area (Å²) in [5.41, 5.74) is 0. The van der Waals surface area contributed by atoms with Gasteiger partial charge in [0.2, 0.25) is 0 Å². The Hall–Kier alpha value is -1.67. The van der Waals surface area contributed by atoms with Gasteiger partial charge in [-0.3, -0.25) is 14.4 Å². The molecule has 20 heavy (non-hydrogen) atoms. The Morgan fingerprint density at radius 1 is 0.850 bits per heavy atom. The van der Waals surface area contributed by atoms with E-state index in [4.69, 9.17) is 18.9 Å². The van der Waals surface area contributed by atoms with Crippen molar-refractivity contribution in [2.75, 3.05) is 0 Å². The maximum atomic E-state index is 11.2. The zero-order valence-electron chi connectivity index (χ0n) is 11.7. The van der Waals surface area contributed by atoms with Crippen LogP contribution in [0, 0.1) is 0 Å². The highest BCUT2D eigenvalue weighted by molar-refractivity contribution is 5.68. The minimum Gasteiger partial charge on any atom is -0.456 e. The number of carbonyl (C=O) groups excluding carboxylic acids is 3. The summed E-state index contributed by atoms with van der Waals surface area (Å²) in [7, 11) is 0. The molecule has 1 saturated heterocycles. The molecule has 1 rings (SSSR count). The molecule has 0 aromatic heterocycles. The van der Waals surface area contributed by atoms with Gasteiger partial charge in [0.1, 0.15) is 0 Å². The number of ether oxygens (including phenoxy) is 4. The fourth-order valence-electron chi connectivity index (χ4n) is 1.99. The van der Waals surface area contributed by atoms with Gasteiger partial charge in [-0.2, -0.15) is 0 Å². The first-order valence-electron chi connectivity index (χ1n) is 6.07. The van der Waals surface area contributed by atoms with E-state index >= 15 is 0 Å². The van der Waals surface area contributed by atoms with Crippen molar-refractivity contribution in [1.29, 1.82) is 0 Å². The normalized spacial score (nSPS) is 33.1. The van der Waals surface area contributed by atoms with Gasteiger partial charge in [-0.25, -0.2) is 0 Å². The molecule has 2 unspecified atom stereocenters. The zero-order chi connectivity index (χ0) is 15.4. The summed E-state index contributed by atoms with van der Waals surface area (Å²) in [6.07, 6.45) is -5.60. The van der Waals surface area contributed by atoms with E-state index in [0.29, 0.717) is 0 Å². The standard InChI is InChI=1S/C12H18O8/c1-5-9(18-6(2)13)10(19-7(3)14)11(12(16)17-5)20-8(4)15/h5,9-12,16H,1-4H3/t5-,9+,10?,11-,12?/m1/s1. The fourth-order valence-corrected chi connectivity index (χ4v) is 1.99. The summed E-state index contributed by atoms with van der Waals surface area (Å²) < 4.78 is 20.1. The van der Waals surface area contributed by atoms with Gasteiger partial charge in [-0.05, 0) is 6.92 Å². The quantitative estimate of drug-likeness (QED) is 0.548. The van der Waals surface area contributed by atoms with E-state index < -0.39 is 48.6 Å². The Kier molecular flexibility index (Phi) is 5.46. The van der Waals surface area contributed by atoms with Crippen molar-refractivity contribution in [1.82, 2.24) is 0 Å². The maximum Gasteiger partial charge on any atom is 0.303 e. The lowest BCUT2D eigenvalue weighted by atomic mass is 9.99. The molecule has 0 bridgehead atoms. The van der Waals surface area contributed by atoms with Crippen molar-refractivity contribution in [2.45, 2.75) is 58.4 Å². The Labute approximate surface area is 115 Å². The third kappa shape index (κ3) is 4.17. The van der Waals surface area contributed by atoms with Crippen molar-refractivity contribution in [3.05, 3.63) is 0 Å². The highest BCUT2D eigenvalue weighted by atomic mass is 16.7. The van der Waals surface area contributed by atoms with Crippen molar-refractivity contribution in [3.63, 3.8) is 0 Å². The molecule has 0 amide bonds. The zero-order valence-corrected chi connectivity index (χ0v) is 11.7. The number of esters is 3. The van der Waals surface area contributed by atoms with Crippen molar-refractivity contribution in [3.8, 4) is 0 Å². The van der Waals surface area contributed by atoms with Gasteiger partial charge in [0.25, 0.3) is 0 Å². The molecule has 1 aliphatic rings.